The minimum Gasteiger partial charge on any atom is -0.493 e. The monoisotopic (exact) mass is 467 g/mol. The second-order valence-electron chi connectivity index (χ2n) is 7.00. The Bertz CT molecular complexity index is 984. The fourth-order valence-electron chi connectivity index (χ4n) is 3.30. The van der Waals surface area contributed by atoms with E-state index in [1.165, 1.54) is 5.56 Å². The van der Waals surface area contributed by atoms with Gasteiger partial charge < -0.3 is 14.8 Å². The summed E-state index contributed by atoms with van der Waals surface area (Å²) in [4.78, 5) is 13.0. The first-order valence-electron chi connectivity index (χ1n) is 9.90. The number of hydrogen-bond acceptors (Lipinski definition) is 4. The van der Waals surface area contributed by atoms with Crippen molar-refractivity contribution in [2.24, 2.45) is 0 Å². The molecule has 5 heteroatoms. The van der Waals surface area contributed by atoms with E-state index < -0.39 is 0 Å². The number of halogens is 1. The van der Waals surface area contributed by atoms with Crippen molar-refractivity contribution in [2.75, 3.05) is 19.5 Å². The van der Waals surface area contributed by atoms with E-state index in [2.05, 4.69) is 28.2 Å². The predicted molar refractivity (Wildman–Crippen MR) is 125 cm³/mol. The number of nitrogens with one attached hydrogen (secondary N) is 1. The Morgan fingerprint density at radius 1 is 0.933 bits per heavy atom. The first kappa shape index (κ1) is 21.9. The number of hydrogen-bond donors (Lipinski definition) is 1. The van der Waals surface area contributed by atoms with E-state index in [1.54, 1.807) is 14.2 Å². The molecule has 0 aliphatic carbocycles. The minimum absolute atomic E-state index is 0.0852. The molecule has 0 heterocycles. The van der Waals surface area contributed by atoms with Crippen LogP contribution < -0.4 is 14.8 Å². The number of anilines is 1. The molecule has 0 spiro atoms. The van der Waals surface area contributed by atoms with Gasteiger partial charge in [-0.2, -0.15) is 0 Å². The van der Waals surface area contributed by atoms with Crippen molar-refractivity contribution in [2.45, 2.75) is 25.8 Å². The molecule has 30 heavy (non-hydrogen) atoms. The highest BCUT2D eigenvalue weighted by Gasteiger charge is 2.19. The molecule has 3 rings (SSSR count). The Kier molecular flexibility index (Phi) is 7.52. The maximum atomic E-state index is 13.0. The van der Waals surface area contributed by atoms with Crippen molar-refractivity contribution >= 4 is 27.4 Å². The molecule has 0 aliphatic rings. The lowest BCUT2D eigenvalue weighted by atomic mass is 9.96. The van der Waals surface area contributed by atoms with Crippen LogP contribution in [0.15, 0.2) is 71.2 Å². The molecule has 0 unspecified atom stereocenters. The summed E-state index contributed by atoms with van der Waals surface area (Å²) in [7, 11) is 3.22. The number of aryl methyl sites for hydroxylation is 1. The average Bonchev–Trinajstić information content (AvgIpc) is 2.79. The van der Waals surface area contributed by atoms with Crippen LogP contribution in [0.4, 0.5) is 5.69 Å². The van der Waals surface area contributed by atoms with Gasteiger partial charge in [0.2, 0.25) is 0 Å². The Morgan fingerprint density at radius 3 is 2.20 bits per heavy atom. The molecule has 4 nitrogen and oxygen atoms in total. The van der Waals surface area contributed by atoms with Crippen molar-refractivity contribution in [1.29, 1.82) is 0 Å². The van der Waals surface area contributed by atoms with Gasteiger partial charge in [-0.25, -0.2) is 0 Å². The lowest BCUT2D eigenvalue weighted by molar-refractivity contribution is 0.0976. The Labute approximate surface area is 186 Å². The van der Waals surface area contributed by atoms with Gasteiger partial charge in [-0.1, -0.05) is 53.2 Å². The molecule has 1 N–H and O–H groups in total. The standard InChI is InChI=1S/C25H26BrNO3/c1-4-17-5-7-18(8-6-17)23(28)16-22(27-21-12-10-20(26)11-13-21)19-9-14-24(29-2)25(15-19)30-3/h5-15,22,27H,4,16H2,1-3H3/t22-/m0/s1. The number of carbonyl (C=O) groups excluding carboxylic acids is 1. The Morgan fingerprint density at radius 2 is 1.60 bits per heavy atom. The number of methoxy groups -OCH3 is 2. The molecule has 3 aromatic carbocycles. The third-order valence-electron chi connectivity index (χ3n) is 5.07. The number of ether oxygens (including phenoxy) is 2. The highest BCUT2D eigenvalue weighted by atomic mass is 79.9. The highest BCUT2D eigenvalue weighted by molar-refractivity contribution is 9.10. The summed E-state index contributed by atoms with van der Waals surface area (Å²) in [6.45, 7) is 2.10. The molecular weight excluding hydrogens is 442 g/mol. The first-order chi connectivity index (χ1) is 14.5. The van der Waals surface area contributed by atoms with Crippen molar-refractivity contribution in [3.05, 3.63) is 87.9 Å². The molecule has 3 aromatic rings. The summed E-state index contributed by atoms with van der Waals surface area (Å²) in [5, 5.41) is 3.50. The second kappa shape index (κ2) is 10.3. The van der Waals surface area contributed by atoms with E-state index in [-0.39, 0.29) is 11.8 Å². The Balaban J connectivity index is 1.90. The van der Waals surface area contributed by atoms with Crippen LogP contribution in [0.5, 0.6) is 11.5 Å². The first-order valence-corrected chi connectivity index (χ1v) is 10.7. The molecule has 0 bridgehead atoms. The molecule has 1 atom stereocenters. The Hall–Kier alpha value is -2.79. The van der Waals surface area contributed by atoms with Crippen molar-refractivity contribution in [3.63, 3.8) is 0 Å². The van der Waals surface area contributed by atoms with E-state index >= 15 is 0 Å². The maximum Gasteiger partial charge on any atom is 0.165 e. The van der Waals surface area contributed by atoms with Gasteiger partial charge in [0, 0.05) is 22.1 Å². The van der Waals surface area contributed by atoms with Crippen LogP contribution in [0.2, 0.25) is 0 Å². The van der Waals surface area contributed by atoms with Crippen LogP contribution in [0.3, 0.4) is 0 Å². The van der Waals surface area contributed by atoms with Crippen molar-refractivity contribution in [1.82, 2.24) is 0 Å². The fraction of sp³-hybridized carbons (Fsp3) is 0.240. The molecular formula is C25H26BrNO3. The lowest BCUT2D eigenvalue weighted by Gasteiger charge is -2.21. The van der Waals surface area contributed by atoms with E-state index in [1.807, 2.05) is 66.7 Å². The quantitative estimate of drug-likeness (QED) is 0.367. The van der Waals surface area contributed by atoms with Crippen molar-refractivity contribution in [3.8, 4) is 11.5 Å². The van der Waals surface area contributed by atoms with Gasteiger partial charge in [0.25, 0.3) is 0 Å². The number of benzene rings is 3. The van der Waals surface area contributed by atoms with Gasteiger partial charge >= 0.3 is 0 Å². The third kappa shape index (κ3) is 5.42. The van der Waals surface area contributed by atoms with Crippen LogP contribution in [0, 0.1) is 0 Å². The second-order valence-corrected chi connectivity index (χ2v) is 7.91. The zero-order valence-corrected chi connectivity index (χ0v) is 19.0. The van der Waals surface area contributed by atoms with E-state index in [9.17, 15) is 4.79 Å². The molecule has 0 saturated heterocycles. The maximum absolute atomic E-state index is 13.0. The molecule has 0 amide bonds. The summed E-state index contributed by atoms with van der Waals surface area (Å²) in [6.07, 6.45) is 1.27. The van der Waals surface area contributed by atoms with E-state index in [0.717, 1.165) is 27.7 Å². The summed E-state index contributed by atoms with van der Waals surface area (Å²) in [5.41, 5.74) is 3.83. The smallest absolute Gasteiger partial charge is 0.165 e. The summed E-state index contributed by atoms with van der Waals surface area (Å²) < 4.78 is 11.8. The van der Waals surface area contributed by atoms with Crippen LogP contribution >= 0.6 is 15.9 Å². The number of carbonyl (C=O) groups is 1. The van der Waals surface area contributed by atoms with Crippen LogP contribution in [-0.4, -0.2) is 20.0 Å². The molecule has 156 valence electrons. The van der Waals surface area contributed by atoms with Crippen LogP contribution in [0.1, 0.15) is 40.9 Å². The lowest BCUT2D eigenvalue weighted by Crippen LogP contribution is -2.16. The molecule has 0 saturated carbocycles. The van der Waals surface area contributed by atoms with Gasteiger partial charge in [-0.05, 0) is 53.9 Å². The zero-order valence-electron chi connectivity index (χ0n) is 17.4. The third-order valence-corrected chi connectivity index (χ3v) is 5.60. The molecule has 0 aromatic heterocycles. The number of Topliss-reactive ketones (excluding diaryl/α,β-unsaturated/α-hetero) is 1. The van der Waals surface area contributed by atoms with Gasteiger partial charge in [0.15, 0.2) is 17.3 Å². The highest BCUT2D eigenvalue weighted by Crippen LogP contribution is 2.33. The van der Waals surface area contributed by atoms with Gasteiger partial charge in [0.1, 0.15) is 0 Å². The number of rotatable bonds is 9. The van der Waals surface area contributed by atoms with Crippen LogP contribution in [-0.2, 0) is 6.42 Å². The molecule has 0 fully saturated rings. The molecule has 0 radical (unpaired) electrons. The van der Waals surface area contributed by atoms with E-state index in [4.69, 9.17) is 9.47 Å². The fourth-order valence-corrected chi connectivity index (χ4v) is 3.56. The normalized spacial score (nSPS) is 11.6. The molecule has 0 aliphatic heterocycles. The van der Waals surface area contributed by atoms with E-state index in [0.29, 0.717) is 17.9 Å². The summed E-state index contributed by atoms with van der Waals surface area (Å²) >= 11 is 3.46. The minimum atomic E-state index is -0.218. The van der Waals surface area contributed by atoms with Crippen molar-refractivity contribution < 1.29 is 14.3 Å². The number of ketones is 1. The topological polar surface area (TPSA) is 47.6 Å². The van der Waals surface area contributed by atoms with Gasteiger partial charge in [-0.15, -0.1) is 0 Å². The summed E-state index contributed by atoms with van der Waals surface area (Å²) in [6, 6.07) is 21.3. The SMILES string of the molecule is CCc1ccc(C(=O)C[C@H](Nc2ccc(Br)cc2)c2ccc(OC)c(OC)c2)cc1. The van der Waals surface area contributed by atoms with Crippen LogP contribution in [0.25, 0.3) is 0 Å². The summed E-state index contributed by atoms with van der Waals surface area (Å²) in [5.74, 6) is 1.38. The largest absolute Gasteiger partial charge is 0.493 e. The zero-order chi connectivity index (χ0) is 21.5. The average molecular weight is 468 g/mol. The van der Waals surface area contributed by atoms with Gasteiger partial charge in [-0.3, -0.25) is 4.79 Å². The predicted octanol–water partition coefficient (Wildman–Crippen LogP) is 6.45. The van der Waals surface area contributed by atoms with Gasteiger partial charge in [0.05, 0.1) is 20.3 Å².